The zero-order valence-electron chi connectivity index (χ0n) is 6.43. The van der Waals surface area contributed by atoms with Gasteiger partial charge in [-0.25, -0.2) is 0 Å². The predicted octanol–water partition coefficient (Wildman–Crippen LogP) is 2.85. The molecule has 0 N–H and O–H groups in total. The van der Waals surface area contributed by atoms with Gasteiger partial charge in [0.25, 0.3) is 0 Å². The molecule has 1 aliphatic rings. The van der Waals surface area contributed by atoms with Crippen LogP contribution in [0.3, 0.4) is 0 Å². The molecule has 1 aliphatic carbocycles. The minimum atomic E-state index is 0.852. The predicted molar refractivity (Wildman–Crippen MR) is 41.2 cm³/mol. The summed E-state index contributed by atoms with van der Waals surface area (Å²) in [4.78, 5) is 0. The fourth-order valence-electron chi connectivity index (χ4n) is 1.76. The minimum absolute atomic E-state index is 0.852. The Morgan fingerprint density at radius 3 is 2.56 bits per heavy atom. The molecule has 0 heteroatoms. The number of hydrogen-bond donors (Lipinski definition) is 0. The summed E-state index contributed by atoms with van der Waals surface area (Å²) in [6.07, 6.45) is 4.85. The van der Waals surface area contributed by atoms with Crippen LogP contribution in [0, 0.1) is 17.8 Å². The topological polar surface area (TPSA) is 0 Å². The van der Waals surface area contributed by atoms with Gasteiger partial charge in [0.1, 0.15) is 0 Å². The van der Waals surface area contributed by atoms with Gasteiger partial charge in [0.2, 0.25) is 0 Å². The van der Waals surface area contributed by atoms with Gasteiger partial charge in [0.15, 0.2) is 0 Å². The van der Waals surface area contributed by atoms with Crippen molar-refractivity contribution in [2.75, 3.05) is 0 Å². The Bertz CT molecular complexity index is 105. The fourth-order valence-corrected chi connectivity index (χ4v) is 1.76. The second kappa shape index (κ2) is 2.55. The highest BCUT2D eigenvalue weighted by Crippen LogP contribution is 2.49. The maximum Gasteiger partial charge on any atom is -0.0176 e. The van der Waals surface area contributed by atoms with Gasteiger partial charge in [-0.1, -0.05) is 26.3 Å². The molecule has 0 aromatic heterocycles. The molecule has 0 heterocycles. The zero-order chi connectivity index (χ0) is 6.85. The van der Waals surface area contributed by atoms with Crippen molar-refractivity contribution in [1.82, 2.24) is 0 Å². The maximum atomic E-state index is 3.81. The first-order valence-corrected chi connectivity index (χ1v) is 3.93. The van der Waals surface area contributed by atoms with Crippen LogP contribution >= 0.6 is 0 Å². The molecule has 3 unspecified atom stereocenters. The van der Waals surface area contributed by atoms with E-state index in [-0.39, 0.29) is 0 Å². The van der Waals surface area contributed by atoms with Gasteiger partial charge < -0.3 is 0 Å². The van der Waals surface area contributed by atoms with E-state index in [1.54, 1.807) is 0 Å². The summed E-state index contributed by atoms with van der Waals surface area (Å²) in [6, 6.07) is 0. The normalized spacial score (nSPS) is 40.4. The van der Waals surface area contributed by atoms with Crippen LogP contribution in [-0.2, 0) is 0 Å². The Hall–Kier alpha value is -0.260. The summed E-state index contributed by atoms with van der Waals surface area (Å²) < 4.78 is 0. The lowest BCUT2D eigenvalue weighted by Crippen LogP contribution is -1.76. The third-order valence-electron chi connectivity index (χ3n) is 2.53. The van der Waals surface area contributed by atoms with E-state index in [0.717, 1.165) is 17.8 Å². The summed E-state index contributed by atoms with van der Waals surface area (Å²) in [5.41, 5.74) is 0. The molecule has 0 amide bonds. The molecule has 0 aromatic carbocycles. The lowest BCUT2D eigenvalue weighted by molar-refractivity contribution is 0.651. The molecule has 1 saturated carbocycles. The van der Waals surface area contributed by atoms with E-state index in [1.165, 1.54) is 12.8 Å². The average Bonchev–Trinajstić information content (AvgIpc) is 2.44. The van der Waals surface area contributed by atoms with Crippen molar-refractivity contribution >= 4 is 0 Å². The Balaban J connectivity index is 2.24. The van der Waals surface area contributed by atoms with Gasteiger partial charge in [0, 0.05) is 0 Å². The zero-order valence-corrected chi connectivity index (χ0v) is 6.43. The van der Waals surface area contributed by atoms with E-state index in [2.05, 4.69) is 26.5 Å². The van der Waals surface area contributed by atoms with Crippen molar-refractivity contribution in [3.63, 3.8) is 0 Å². The van der Waals surface area contributed by atoms with E-state index >= 15 is 0 Å². The van der Waals surface area contributed by atoms with E-state index in [1.807, 2.05) is 0 Å². The summed E-state index contributed by atoms with van der Waals surface area (Å²) in [6.45, 7) is 8.39. The summed E-state index contributed by atoms with van der Waals surface area (Å²) in [7, 11) is 0. The second-order valence-electron chi connectivity index (χ2n) is 3.12. The molecule has 0 spiro atoms. The average molecular weight is 124 g/mol. The van der Waals surface area contributed by atoms with Crippen LogP contribution in [-0.4, -0.2) is 0 Å². The first-order chi connectivity index (χ1) is 4.31. The van der Waals surface area contributed by atoms with Gasteiger partial charge in [-0.05, 0) is 24.2 Å². The van der Waals surface area contributed by atoms with Crippen LogP contribution < -0.4 is 0 Å². The quantitative estimate of drug-likeness (QED) is 0.507. The molecule has 0 radical (unpaired) electrons. The van der Waals surface area contributed by atoms with Gasteiger partial charge in [0.05, 0.1) is 0 Å². The van der Waals surface area contributed by atoms with Crippen LogP contribution in [0.25, 0.3) is 0 Å². The number of allylic oxidation sites excluding steroid dienone is 1. The van der Waals surface area contributed by atoms with Crippen LogP contribution in [0.2, 0.25) is 0 Å². The maximum absolute atomic E-state index is 3.81. The van der Waals surface area contributed by atoms with Gasteiger partial charge in [-0.3, -0.25) is 0 Å². The van der Waals surface area contributed by atoms with Gasteiger partial charge in [-0.15, -0.1) is 6.58 Å². The Morgan fingerprint density at radius 2 is 2.22 bits per heavy atom. The molecule has 0 aliphatic heterocycles. The fraction of sp³-hybridized carbons (Fsp3) is 0.778. The molecule has 0 aromatic rings. The molecule has 1 rings (SSSR count). The smallest absolute Gasteiger partial charge is 0.0176 e. The Kier molecular flexibility index (Phi) is 1.94. The third kappa shape index (κ3) is 1.17. The highest BCUT2D eigenvalue weighted by molar-refractivity contribution is 5.03. The molecule has 0 nitrogen and oxygen atoms in total. The molecular weight excluding hydrogens is 108 g/mol. The SMILES string of the molecule is C=CC1C(C)C1CCC. The molecular formula is C9H16. The van der Waals surface area contributed by atoms with E-state index in [0.29, 0.717) is 0 Å². The van der Waals surface area contributed by atoms with E-state index in [4.69, 9.17) is 0 Å². The molecule has 52 valence electrons. The highest BCUT2D eigenvalue weighted by atomic mass is 14.5. The summed E-state index contributed by atoms with van der Waals surface area (Å²) in [5, 5.41) is 0. The summed E-state index contributed by atoms with van der Waals surface area (Å²) >= 11 is 0. The molecule has 0 bridgehead atoms. The second-order valence-corrected chi connectivity index (χ2v) is 3.12. The van der Waals surface area contributed by atoms with Crippen LogP contribution in [0.1, 0.15) is 26.7 Å². The van der Waals surface area contributed by atoms with Crippen molar-refractivity contribution in [1.29, 1.82) is 0 Å². The monoisotopic (exact) mass is 124 g/mol. The third-order valence-corrected chi connectivity index (χ3v) is 2.53. The first kappa shape index (κ1) is 6.85. The van der Waals surface area contributed by atoms with Crippen LogP contribution in [0.5, 0.6) is 0 Å². The standard InChI is InChI=1S/C9H16/c1-4-6-9-7(3)8(9)5-2/h5,7-9H,2,4,6H2,1,3H3. The van der Waals surface area contributed by atoms with Crippen molar-refractivity contribution in [3.05, 3.63) is 12.7 Å². The van der Waals surface area contributed by atoms with Crippen LogP contribution in [0.15, 0.2) is 12.7 Å². The van der Waals surface area contributed by atoms with Gasteiger partial charge >= 0.3 is 0 Å². The molecule has 9 heavy (non-hydrogen) atoms. The van der Waals surface area contributed by atoms with Crippen molar-refractivity contribution in [2.24, 2.45) is 17.8 Å². The van der Waals surface area contributed by atoms with E-state index < -0.39 is 0 Å². The Morgan fingerprint density at radius 1 is 1.56 bits per heavy atom. The molecule has 1 fully saturated rings. The minimum Gasteiger partial charge on any atom is -0.103 e. The summed E-state index contributed by atoms with van der Waals surface area (Å²) in [5.74, 6) is 2.76. The number of hydrogen-bond acceptors (Lipinski definition) is 0. The van der Waals surface area contributed by atoms with Gasteiger partial charge in [-0.2, -0.15) is 0 Å². The first-order valence-electron chi connectivity index (χ1n) is 3.93. The van der Waals surface area contributed by atoms with Crippen molar-refractivity contribution < 1.29 is 0 Å². The lowest BCUT2D eigenvalue weighted by Gasteiger charge is -1.88. The van der Waals surface area contributed by atoms with Crippen LogP contribution in [0.4, 0.5) is 0 Å². The molecule has 0 saturated heterocycles. The van der Waals surface area contributed by atoms with Crippen molar-refractivity contribution in [2.45, 2.75) is 26.7 Å². The van der Waals surface area contributed by atoms with Crippen molar-refractivity contribution in [3.8, 4) is 0 Å². The van der Waals surface area contributed by atoms with E-state index in [9.17, 15) is 0 Å². The molecule has 3 atom stereocenters. The largest absolute Gasteiger partial charge is 0.103 e. The Labute approximate surface area is 58.0 Å². The lowest BCUT2D eigenvalue weighted by atomic mass is 10.2. The number of rotatable bonds is 3. The highest BCUT2D eigenvalue weighted by Gasteiger charge is 2.42.